The fraction of sp³-hybridized carbons (Fsp3) is 0.444. The van der Waals surface area contributed by atoms with Crippen molar-refractivity contribution in [3.05, 3.63) is 11.1 Å². The van der Waals surface area contributed by atoms with Crippen molar-refractivity contribution in [3.8, 4) is 0 Å². The van der Waals surface area contributed by atoms with E-state index in [1.165, 1.54) is 17.4 Å². The number of hydrogen-bond donors (Lipinski definition) is 1. The molecule has 10 heteroatoms. The first kappa shape index (κ1) is 13.9. The molecule has 1 unspecified atom stereocenters. The van der Waals surface area contributed by atoms with E-state index < -0.39 is 21.2 Å². The molecule has 0 bridgehead atoms. The standard InChI is InChI=1S/C9H11N3O5S2/c1-17-8(14)6-4-18-9(11-6)12-3-5(2-7(12)13)19(10,15)16/h4-5H,2-3H2,1H3,(H2,10,15,16). The van der Waals surface area contributed by atoms with Gasteiger partial charge in [0.05, 0.1) is 7.11 Å². The highest BCUT2D eigenvalue weighted by atomic mass is 32.2. The van der Waals surface area contributed by atoms with Crippen LogP contribution in [0.1, 0.15) is 16.9 Å². The fourth-order valence-electron chi connectivity index (χ4n) is 1.67. The lowest BCUT2D eigenvalue weighted by molar-refractivity contribution is -0.117. The Kier molecular flexibility index (Phi) is 3.56. The molecule has 1 aliphatic rings. The van der Waals surface area contributed by atoms with Crippen LogP contribution in [-0.4, -0.2) is 44.2 Å². The molecule has 0 radical (unpaired) electrons. The summed E-state index contributed by atoms with van der Waals surface area (Å²) in [4.78, 5) is 28.1. The Hall–Kier alpha value is -1.52. The number of nitrogens with two attached hydrogens (primary N) is 1. The smallest absolute Gasteiger partial charge is 0.357 e. The number of thiazole rings is 1. The number of methoxy groups -OCH3 is 1. The van der Waals surface area contributed by atoms with Crippen LogP contribution in [0.4, 0.5) is 5.13 Å². The van der Waals surface area contributed by atoms with Gasteiger partial charge < -0.3 is 4.74 Å². The number of hydrogen-bond acceptors (Lipinski definition) is 7. The zero-order valence-electron chi connectivity index (χ0n) is 9.90. The SMILES string of the molecule is COC(=O)c1csc(N2CC(S(N)(=O)=O)CC2=O)n1. The van der Waals surface area contributed by atoms with Crippen molar-refractivity contribution in [2.24, 2.45) is 5.14 Å². The molecule has 1 aliphatic heterocycles. The van der Waals surface area contributed by atoms with Crippen LogP contribution in [0.3, 0.4) is 0 Å². The summed E-state index contributed by atoms with van der Waals surface area (Å²) in [5.41, 5.74) is 0.0781. The van der Waals surface area contributed by atoms with E-state index in [0.29, 0.717) is 0 Å². The van der Waals surface area contributed by atoms with Gasteiger partial charge in [0.1, 0.15) is 5.25 Å². The molecule has 1 aromatic rings. The summed E-state index contributed by atoms with van der Waals surface area (Å²) in [6.45, 7) is -0.0498. The molecular formula is C9H11N3O5S2. The van der Waals surface area contributed by atoms with Crippen LogP contribution in [0, 0.1) is 0 Å². The largest absolute Gasteiger partial charge is 0.464 e. The third-order valence-corrected chi connectivity index (χ3v) is 4.78. The number of primary sulfonamides is 1. The van der Waals surface area contributed by atoms with Crippen LogP contribution in [-0.2, 0) is 19.6 Å². The minimum Gasteiger partial charge on any atom is -0.464 e. The minimum absolute atomic E-state index is 0.0498. The van der Waals surface area contributed by atoms with Crippen molar-refractivity contribution < 1.29 is 22.7 Å². The van der Waals surface area contributed by atoms with Crippen molar-refractivity contribution >= 4 is 38.4 Å². The Labute approximate surface area is 113 Å². The van der Waals surface area contributed by atoms with Gasteiger partial charge in [0.25, 0.3) is 0 Å². The van der Waals surface area contributed by atoms with Gasteiger partial charge in [-0.05, 0) is 0 Å². The monoisotopic (exact) mass is 305 g/mol. The van der Waals surface area contributed by atoms with Crippen LogP contribution in [0.15, 0.2) is 5.38 Å². The lowest BCUT2D eigenvalue weighted by atomic mass is 10.4. The zero-order chi connectivity index (χ0) is 14.2. The third-order valence-electron chi connectivity index (χ3n) is 2.67. The van der Waals surface area contributed by atoms with E-state index >= 15 is 0 Å². The Balaban J connectivity index is 2.21. The first-order valence-electron chi connectivity index (χ1n) is 5.18. The van der Waals surface area contributed by atoms with Crippen LogP contribution < -0.4 is 10.0 Å². The summed E-state index contributed by atoms with van der Waals surface area (Å²) in [6, 6.07) is 0. The van der Waals surface area contributed by atoms with Gasteiger partial charge in [-0.15, -0.1) is 11.3 Å². The maximum Gasteiger partial charge on any atom is 0.357 e. The summed E-state index contributed by atoms with van der Waals surface area (Å²) in [7, 11) is -2.55. The molecule has 2 N–H and O–H groups in total. The maximum atomic E-state index is 11.7. The summed E-state index contributed by atoms with van der Waals surface area (Å²) in [6.07, 6.45) is -0.175. The van der Waals surface area contributed by atoms with Gasteiger partial charge >= 0.3 is 5.97 Å². The Bertz CT molecular complexity index is 624. The van der Waals surface area contributed by atoms with Gasteiger partial charge in [-0.2, -0.15) is 0 Å². The van der Waals surface area contributed by atoms with Crippen molar-refractivity contribution in [1.29, 1.82) is 0 Å². The molecule has 1 aromatic heterocycles. The number of ether oxygens (including phenoxy) is 1. The van der Waals surface area contributed by atoms with E-state index in [-0.39, 0.29) is 29.7 Å². The number of sulfonamides is 1. The van der Waals surface area contributed by atoms with Gasteiger partial charge in [0, 0.05) is 18.3 Å². The van der Waals surface area contributed by atoms with Crippen LogP contribution in [0.25, 0.3) is 0 Å². The highest BCUT2D eigenvalue weighted by Crippen LogP contribution is 2.27. The average Bonchev–Trinajstić information content (AvgIpc) is 2.93. The van der Waals surface area contributed by atoms with Gasteiger partial charge in [-0.25, -0.2) is 23.3 Å². The number of aromatic nitrogens is 1. The molecule has 1 fully saturated rings. The van der Waals surface area contributed by atoms with E-state index in [4.69, 9.17) is 5.14 Å². The van der Waals surface area contributed by atoms with Crippen LogP contribution in [0.5, 0.6) is 0 Å². The molecule has 1 amide bonds. The number of amides is 1. The molecule has 2 heterocycles. The summed E-state index contributed by atoms with van der Waals surface area (Å²) in [5.74, 6) is -0.998. The van der Waals surface area contributed by atoms with E-state index in [2.05, 4.69) is 9.72 Å². The van der Waals surface area contributed by atoms with E-state index in [0.717, 1.165) is 11.3 Å². The Morgan fingerprint density at radius 2 is 2.32 bits per heavy atom. The number of esters is 1. The summed E-state index contributed by atoms with van der Waals surface area (Å²) in [5, 5.41) is 5.78. The maximum absolute atomic E-state index is 11.7. The number of anilines is 1. The Morgan fingerprint density at radius 3 is 2.84 bits per heavy atom. The van der Waals surface area contributed by atoms with Gasteiger partial charge in [-0.1, -0.05) is 0 Å². The summed E-state index contributed by atoms with van der Waals surface area (Å²) >= 11 is 1.06. The molecule has 1 atom stereocenters. The third kappa shape index (κ3) is 2.74. The van der Waals surface area contributed by atoms with Crippen molar-refractivity contribution in [3.63, 3.8) is 0 Å². The van der Waals surface area contributed by atoms with Crippen molar-refractivity contribution in [2.45, 2.75) is 11.7 Å². The normalized spacial score (nSPS) is 19.8. The quantitative estimate of drug-likeness (QED) is 0.739. The summed E-state index contributed by atoms with van der Waals surface area (Å²) < 4.78 is 26.9. The van der Waals surface area contributed by atoms with Crippen LogP contribution >= 0.6 is 11.3 Å². The van der Waals surface area contributed by atoms with Crippen molar-refractivity contribution in [2.75, 3.05) is 18.6 Å². The van der Waals surface area contributed by atoms with Gasteiger partial charge in [0.15, 0.2) is 10.8 Å². The highest BCUT2D eigenvalue weighted by Gasteiger charge is 2.38. The number of rotatable bonds is 3. The second-order valence-corrected chi connectivity index (χ2v) is 6.61. The number of carbonyl (C=O) groups excluding carboxylic acids is 2. The number of carbonyl (C=O) groups is 2. The molecule has 0 aliphatic carbocycles. The average molecular weight is 305 g/mol. The van der Waals surface area contributed by atoms with Gasteiger partial charge in [-0.3, -0.25) is 9.69 Å². The van der Waals surface area contributed by atoms with E-state index in [1.807, 2.05) is 0 Å². The zero-order valence-corrected chi connectivity index (χ0v) is 11.5. The molecule has 104 valence electrons. The predicted octanol–water partition coefficient (Wildman–Crippen LogP) is -0.676. The first-order valence-corrected chi connectivity index (χ1v) is 7.67. The molecule has 2 rings (SSSR count). The molecule has 19 heavy (non-hydrogen) atoms. The second kappa shape index (κ2) is 4.87. The molecular weight excluding hydrogens is 294 g/mol. The van der Waals surface area contributed by atoms with E-state index in [1.54, 1.807) is 0 Å². The Morgan fingerprint density at radius 1 is 1.63 bits per heavy atom. The topological polar surface area (TPSA) is 120 Å². The fourth-order valence-corrected chi connectivity index (χ4v) is 3.22. The highest BCUT2D eigenvalue weighted by molar-refractivity contribution is 7.89. The van der Waals surface area contributed by atoms with Crippen LogP contribution in [0.2, 0.25) is 0 Å². The molecule has 8 nitrogen and oxygen atoms in total. The molecule has 0 spiro atoms. The lowest BCUT2D eigenvalue weighted by Gasteiger charge is -2.11. The molecule has 0 saturated carbocycles. The molecule has 1 saturated heterocycles. The van der Waals surface area contributed by atoms with Gasteiger partial charge in [0.2, 0.25) is 15.9 Å². The lowest BCUT2D eigenvalue weighted by Crippen LogP contribution is -2.32. The minimum atomic E-state index is -3.77. The second-order valence-electron chi connectivity index (χ2n) is 3.93. The van der Waals surface area contributed by atoms with E-state index in [9.17, 15) is 18.0 Å². The number of nitrogens with zero attached hydrogens (tertiary/aromatic N) is 2. The first-order chi connectivity index (χ1) is 8.82. The van der Waals surface area contributed by atoms with Crippen molar-refractivity contribution in [1.82, 2.24) is 4.98 Å². The predicted molar refractivity (Wildman–Crippen MR) is 67.3 cm³/mol. The molecule has 0 aromatic carbocycles.